The number of rotatable bonds is 19. The molecule has 1 aromatic carbocycles. The van der Waals surface area contributed by atoms with E-state index in [4.69, 9.17) is 16.9 Å². The second kappa shape index (κ2) is 20.0. The molecule has 0 aliphatic carbocycles. The molecule has 0 aromatic heterocycles. The number of benzene rings is 1. The summed E-state index contributed by atoms with van der Waals surface area (Å²) in [5.74, 6) is -3.28. The van der Waals surface area contributed by atoms with Crippen molar-refractivity contribution in [2.45, 2.75) is 96.4 Å². The monoisotopic (exact) mass is 670 g/mol. The molecule has 265 valence electrons. The SMILES string of the molecule is CC[C@H](C)[C@H](NC(=O)[C@H](Cc1ccccc1)NC(=O)[C@@H]1CCCN1C(=O)CNC(=O)[C@@H](N)CCCNC(=N)N)C(=O)N[C@H]([C]=O)C(C)C. The highest BCUT2D eigenvalue weighted by Gasteiger charge is 2.37. The first-order valence-corrected chi connectivity index (χ1v) is 16.5. The molecule has 1 heterocycles. The lowest BCUT2D eigenvalue weighted by Crippen LogP contribution is -2.59. The Balaban J connectivity index is 2.13. The molecule has 0 spiro atoms. The second-order valence-electron chi connectivity index (χ2n) is 12.5. The lowest BCUT2D eigenvalue weighted by molar-refractivity contribution is -0.140. The third-order valence-electron chi connectivity index (χ3n) is 8.43. The van der Waals surface area contributed by atoms with Crippen molar-refractivity contribution in [1.29, 1.82) is 5.41 Å². The zero-order chi connectivity index (χ0) is 35.8. The number of amides is 5. The maximum absolute atomic E-state index is 13.8. The van der Waals surface area contributed by atoms with E-state index in [1.807, 2.05) is 50.5 Å². The van der Waals surface area contributed by atoms with Gasteiger partial charge in [-0.1, -0.05) is 64.4 Å². The Morgan fingerprint density at radius 2 is 1.69 bits per heavy atom. The van der Waals surface area contributed by atoms with Crippen LogP contribution in [0.5, 0.6) is 0 Å². The molecule has 6 atom stereocenters. The largest absolute Gasteiger partial charge is 0.370 e. The molecule has 0 saturated carbocycles. The molecule has 1 aromatic rings. The normalized spacial score (nSPS) is 17.3. The number of nitrogens with two attached hydrogens (primary N) is 2. The van der Waals surface area contributed by atoms with Crippen molar-refractivity contribution in [3.8, 4) is 0 Å². The van der Waals surface area contributed by atoms with Crippen LogP contribution in [-0.2, 0) is 35.2 Å². The Bertz CT molecular complexity index is 1260. The topological polar surface area (TPSA) is 242 Å². The molecule has 1 saturated heterocycles. The van der Waals surface area contributed by atoms with E-state index >= 15 is 0 Å². The predicted octanol–water partition coefficient (Wildman–Crippen LogP) is -0.807. The number of hydrogen-bond donors (Lipinski definition) is 8. The number of nitrogens with one attached hydrogen (secondary N) is 6. The zero-order valence-corrected chi connectivity index (χ0v) is 28.3. The van der Waals surface area contributed by atoms with Crippen LogP contribution in [0.2, 0.25) is 0 Å². The van der Waals surface area contributed by atoms with Gasteiger partial charge in [-0.15, -0.1) is 0 Å². The fraction of sp³-hybridized carbons (Fsp3) is 0.606. The minimum Gasteiger partial charge on any atom is -0.370 e. The molecule has 1 radical (unpaired) electrons. The third-order valence-corrected chi connectivity index (χ3v) is 8.43. The molecule has 1 fully saturated rings. The summed E-state index contributed by atoms with van der Waals surface area (Å²) in [6.45, 7) is 7.56. The van der Waals surface area contributed by atoms with E-state index in [-0.39, 0.29) is 30.8 Å². The summed E-state index contributed by atoms with van der Waals surface area (Å²) in [5.41, 5.74) is 11.9. The van der Waals surface area contributed by atoms with Crippen LogP contribution < -0.4 is 38.1 Å². The van der Waals surface area contributed by atoms with Gasteiger partial charge in [0.05, 0.1) is 18.6 Å². The molecular weight excluding hydrogens is 618 g/mol. The van der Waals surface area contributed by atoms with E-state index in [0.717, 1.165) is 5.56 Å². The van der Waals surface area contributed by atoms with Gasteiger partial charge in [0.25, 0.3) is 0 Å². The van der Waals surface area contributed by atoms with Gasteiger partial charge in [0.2, 0.25) is 35.8 Å². The molecule has 1 aliphatic rings. The molecule has 15 nitrogen and oxygen atoms in total. The number of carbonyl (C=O) groups is 5. The summed E-state index contributed by atoms with van der Waals surface area (Å²) >= 11 is 0. The van der Waals surface area contributed by atoms with Gasteiger partial charge in [0.1, 0.15) is 18.1 Å². The van der Waals surface area contributed by atoms with Crippen LogP contribution in [0.3, 0.4) is 0 Å². The Labute approximate surface area is 282 Å². The van der Waals surface area contributed by atoms with Crippen molar-refractivity contribution in [1.82, 2.24) is 31.5 Å². The van der Waals surface area contributed by atoms with Crippen molar-refractivity contribution in [2.24, 2.45) is 23.3 Å². The summed E-state index contributed by atoms with van der Waals surface area (Å²) in [7, 11) is 0. The Hall–Kier alpha value is -4.53. The molecule has 48 heavy (non-hydrogen) atoms. The molecule has 10 N–H and O–H groups in total. The maximum atomic E-state index is 13.8. The summed E-state index contributed by atoms with van der Waals surface area (Å²) < 4.78 is 0. The van der Waals surface area contributed by atoms with E-state index in [1.54, 1.807) is 13.8 Å². The first kappa shape index (κ1) is 39.6. The van der Waals surface area contributed by atoms with Gasteiger partial charge in [-0.3, -0.25) is 34.2 Å². The van der Waals surface area contributed by atoms with Crippen LogP contribution >= 0.6 is 0 Å². The van der Waals surface area contributed by atoms with Gasteiger partial charge in [0.15, 0.2) is 5.96 Å². The highest BCUT2D eigenvalue weighted by atomic mass is 16.2. The number of hydrogen-bond acceptors (Lipinski definition) is 8. The second-order valence-corrected chi connectivity index (χ2v) is 12.5. The first-order valence-electron chi connectivity index (χ1n) is 16.5. The van der Waals surface area contributed by atoms with Crippen molar-refractivity contribution < 1.29 is 28.8 Å². The van der Waals surface area contributed by atoms with Crippen LogP contribution in [0, 0.1) is 17.2 Å². The molecular formula is C33H52N9O6. The molecule has 2 rings (SSSR count). The van der Waals surface area contributed by atoms with Gasteiger partial charge < -0.3 is 43.0 Å². The zero-order valence-electron chi connectivity index (χ0n) is 28.3. The van der Waals surface area contributed by atoms with Crippen molar-refractivity contribution in [3.05, 3.63) is 35.9 Å². The molecule has 1 aliphatic heterocycles. The van der Waals surface area contributed by atoms with E-state index in [0.29, 0.717) is 45.2 Å². The Kier molecular flexibility index (Phi) is 16.5. The van der Waals surface area contributed by atoms with Gasteiger partial charge >= 0.3 is 0 Å². The Morgan fingerprint density at radius 3 is 2.29 bits per heavy atom. The molecule has 0 bridgehead atoms. The molecule has 5 amide bonds. The maximum Gasteiger partial charge on any atom is 0.243 e. The van der Waals surface area contributed by atoms with E-state index in [9.17, 15) is 28.8 Å². The van der Waals surface area contributed by atoms with Gasteiger partial charge in [0, 0.05) is 19.5 Å². The summed E-state index contributed by atoms with van der Waals surface area (Å²) in [5, 5.41) is 20.6. The van der Waals surface area contributed by atoms with Crippen LogP contribution in [0.25, 0.3) is 0 Å². The lowest BCUT2D eigenvalue weighted by Gasteiger charge is -2.29. The standard InChI is InChI=1S/C33H52N9O6/c1-5-21(4)28(32(48)40-25(19-43)20(2)3)41-30(46)24(17-22-11-7-6-8-12-22)39-31(47)26-14-10-16-42(26)27(44)18-38-29(45)23(34)13-9-15-37-33(35)36/h6-8,11-12,20-21,23-26,28H,5,9-10,13-18,34H2,1-4H3,(H,38,45)(H,39,47)(H,40,48)(H,41,46)(H4,35,36,37)/t21-,23-,24-,25+,26-,28-/m0/s1. The minimum atomic E-state index is -1.08. The number of carbonyl (C=O) groups excluding carboxylic acids is 6. The molecule has 15 heteroatoms. The molecule has 0 unspecified atom stereocenters. The smallest absolute Gasteiger partial charge is 0.243 e. The fourth-order valence-corrected chi connectivity index (χ4v) is 5.27. The quantitative estimate of drug-likeness (QED) is 0.0521. The van der Waals surface area contributed by atoms with Gasteiger partial charge in [-0.2, -0.15) is 0 Å². The first-order chi connectivity index (χ1) is 22.8. The number of guanidine groups is 1. The van der Waals surface area contributed by atoms with Crippen molar-refractivity contribution in [3.63, 3.8) is 0 Å². The number of nitrogens with zero attached hydrogens (tertiary/aromatic N) is 1. The van der Waals surface area contributed by atoms with Gasteiger partial charge in [-0.05, 0) is 43.1 Å². The van der Waals surface area contributed by atoms with E-state index in [1.165, 1.54) is 4.90 Å². The van der Waals surface area contributed by atoms with E-state index in [2.05, 4.69) is 26.6 Å². The van der Waals surface area contributed by atoms with Crippen molar-refractivity contribution >= 4 is 41.8 Å². The van der Waals surface area contributed by atoms with Crippen LogP contribution in [0.4, 0.5) is 0 Å². The average molecular weight is 671 g/mol. The third kappa shape index (κ3) is 12.6. The summed E-state index contributed by atoms with van der Waals surface area (Å²) in [6, 6.07) is 4.45. The van der Waals surface area contributed by atoms with E-state index < -0.39 is 59.7 Å². The van der Waals surface area contributed by atoms with Crippen LogP contribution in [-0.4, -0.2) is 96.5 Å². The van der Waals surface area contributed by atoms with Crippen molar-refractivity contribution in [2.75, 3.05) is 19.6 Å². The average Bonchev–Trinajstić information content (AvgIpc) is 3.56. The van der Waals surface area contributed by atoms with Crippen LogP contribution in [0.15, 0.2) is 30.3 Å². The lowest BCUT2D eigenvalue weighted by atomic mass is 9.96. The predicted molar refractivity (Wildman–Crippen MR) is 181 cm³/mol. The highest BCUT2D eigenvalue weighted by molar-refractivity contribution is 5.96. The Morgan fingerprint density at radius 1 is 1.00 bits per heavy atom. The number of likely N-dealkylation sites (tertiary alicyclic amines) is 1. The fourth-order valence-electron chi connectivity index (χ4n) is 5.27. The minimum absolute atomic E-state index is 0.126. The van der Waals surface area contributed by atoms with Gasteiger partial charge in [-0.25, -0.2) is 0 Å². The summed E-state index contributed by atoms with van der Waals surface area (Å²) in [4.78, 5) is 79.0. The highest BCUT2D eigenvalue weighted by Crippen LogP contribution is 2.18. The van der Waals surface area contributed by atoms with Crippen LogP contribution in [0.1, 0.15) is 65.4 Å². The summed E-state index contributed by atoms with van der Waals surface area (Å²) in [6.07, 6.45) is 4.24.